The SMILES string of the molecule is OCCC1(NCc2cccc(O)c2)CCC1. The molecule has 0 amide bonds. The summed E-state index contributed by atoms with van der Waals surface area (Å²) in [5.74, 6) is 0.309. The molecule has 0 aliphatic heterocycles. The second-order valence-corrected chi connectivity index (χ2v) is 4.63. The molecule has 0 spiro atoms. The van der Waals surface area contributed by atoms with Crippen molar-refractivity contribution >= 4 is 0 Å². The minimum Gasteiger partial charge on any atom is -0.508 e. The number of aliphatic hydroxyl groups excluding tert-OH is 1. The first-order chi connectivity index (χ1) is 7.74. The molecule has 3 nitrogen and oxygen atoms in total. The third-order valence-corrected chi connectivity index (χ3v) is 3.48. The quantitative estimate of drug-likeness (QED) is 0.710. The Morgan fingerprint density at radius 1 is 1.31 bits per heavy atom. The molecule has 1 aliphatic carbocycles. The number of hydrogen-bond donors (Lipinski definition) is 3. The minimum atomic E-state index is 0.139. The molecule has 0 aromatic heterocycles. The highest BCUT2D eigenvalue weighted by Gasteiger charge is 2.35. The first-order valence-electron chi connectivity index (χ1n) is 5.88. The van der Waals surface area contributed by atoms with E-state index in [1.165, 1.54) is 6.42 Å². The lowest BCUT2D eigenvalue weighted by Crippen LogP contribution is -2.51. The van der Waals surface area contributed by atoms with Crippen molar-refractivity contribution in [3.63, 3.8) is 0 Å². The number of rotatable bonds is 5. The summed E-state index contributed by atoms with van der Waals surface area (Å²) in [6.07, 6.45) is 4.36. The lowest BCUT2D eigenvalue weighted by atomic mass is 9.74. The van der Waals surface area contributed by atoms with Crippen LogP contribution in [0.3, 0.4) is 0 Å². The van der Waals surface area contributed by atoms with Gasteiger partial charge in [0, 0.05) is 18.7 Å². The van der Waals surface area contributed by atoms with Crippen LogP contribution in [0.4, 0.5) is 0 Å². The van der Waals surface area contributed by atoms with Crippen LogP contribution in [-0.2, 0) is 6.54 Å². The third kappa shape index (κ3) is 2.54. The molecule has 0 heterocycles. The summed E-state index contributed by atoms with van der Waals surface area (Å²) in [7, 11) is 0. The van der Waals surface area contributed by atoms with E-state index in [2.05, 4.69) is 5.32 Å². The van der Waals surface area contributed by atoms with Crippen LogP contribution in [-0.4, -0.2) is 22.4 Å². The van der Waals surface area contributed by atoms with Gasteiger partial charge in [0.1, 0.15) is 5.75 Å². The van der Waals surface area contributed by atoms with Crippen LogP contribution in [0.1, 0.15) is 31.2 Å². The summed E-state index contributed by atoms with van der Waals surface area (Å²) >= 11 is 0. The van der Waals surface area contributed by atoms with Gasteiger partial charge in [0.05, 0.1) is 0 Å². The van der Waals surface area contributed by atoms with Crippen molar-refractivity contribution in [1.82, 2.24) is 5.32 Å². The Labute approximate surface area is 96.1 Å². The molecule has 0 unspecified atom stereocenters. The van der Waals surface area contributed by atoms with E-state index in [0.717, 1.165) is 31.4 Å². The molecule has 3 N–H and O–H groups in total. The second kappa shape index (κ2) is 4.85. The number of hydrogen-bond acceptors (Lipinski definition) is 3. The van der Waals surface area contributed by atoms with E-state index in [4.69, 9.17) is 5.11 Å². The molecule has 0 saturated heterocycles. The Bertz CT molecular complexity index is 348. The fraction of sp³-hybridized carbons (Fsp3) is 0.538. The van der Waals surface area contributed by atoms with E-state index < -0.39 is 0 Å². The van der Waals surface area contributed by atoms with Crippen molar-refractivity contribution < 1.29 is 10.2 Å². The highest BCUT2D eigenvalue weighted by Crippen LogP contribution is 2.34. The molecule has 0 atom stereocenters. The Hall–Kier alpha value is -1.06. The molecular formula is C13H19NO2. The van der Waals surface area contributed by atoms with Crippen LogP contribution in [0.25, 0.3) is 0 Å². The van der Waals surface area contributed by atoms with Crippen LogP contribution in [0.15, 0.2) is 24.3 Å². The zero-order valence-electron chi connectivity index (χ0n) is 9.45. The number of aromatic hydroxyl groups is 1. The van der Waals surface area contributed by atoms with Crippen LogP contribution in [0, 0.1) is 0 Å². The zero-order valence-corrected chi connectivity index (χ0v) is 9.45. The number of aliphatic hydroxyl groups is 1. The van der Waals surface area contributed by atoms with E-state index in [1.807, 2.05) is 12.1 Å². The van der Waals surface area contributed by atoms with E-state index in [0.29, 0.717) is 5.75 Å². The topological polar surface area (TPSA) is 52.5 Å². The lowest BCUT2D eigenvalue weighted by Gasteiger charge is -2.42. The van der Waals surface area contributed by atoms with Gasteiger partial charge in [-0.15, -0.1) is 0 Å². The maximum Gasteiger partial charge on any atom is 0.115 e. The molecule has 3 heteroatoms. The maximum absolute atomic E-state index is 9.35. The molecule has 16 heavy (non-hydrogen) atoms. The van der Waals surface area contributed by atoms with Gasteiger partial charge in [-0.25, -0.2) is 0 Å². The van der Waals surface area contributed by atoms with Gasteiger partial charge in [-0.05, 0) is 43.4 Å². The van der Waals surface area contributed by atoms with Gasteiger partial charge in [-0.2, -0.15) is 0 Å². The van der Waals surface area contributed by atoms with E-state index in [9.17, 15) is 5.11 Å². The predicted molar refractivity (Wildman–Crippen MR) is 63.2 cm³/mol. The van der Waals surface area contributed by atoms with Crippen molar-refractivity contribution in [2.75, 3.05) is 6.61 Å². The molecule has 1 saturated carbocycles. The molecule has 1 aliphatic rings. The lowest BCUT2D eigenvalue weighted by molar-refractivity contribution is 0.130. The third-order valence-electron chi connectivity index (χ3n) is 3.48. The average molecular weight is 221 g/mol. The summed E-state index contributed by atoms with van der Waals surface area (Å²) in [5.41, 5.74) is 1.23. The molecule has 1 aromatic carbocycles. The van der Waals surface area contributed by atoms with E-state index in [-0.39, 0.29) is 12.1 Å². The van der Waals surface area contributed by atoms with Crippen molar-refractivity contribution in [3.05, 3.63) is 29.8 Å². The van der Waals surface area contributed by atoms with E-state index >= 15 is 0 Å². The molecule has 1 aromatic rings. The fourth-order valence-electron chi connectivity index (χ4n) is 2.29. The van der Waals surface area contributed by atoms with Crippen LogP contribution < -0.4 is 5.32 Å². The van der Waals surface area contributed by atoms with Crippen molar-refractivity contribution in [1.29, 1.82) is 0 Å². The normalized spacial score (nSPS) is 18.1. The maximum atomic E-state index is 9.35. The summed E-state index contributed by atoms with van der Waals surface area (Å²) < 4.78 is 0. The van der Waals surface area contributed by atoms with Crippen LogP contribution in [0.5, 0.6) is 5.75 Å². The predicted octanol–water partition coefficient (Wildman–Crippen LogP) is 1.79. The molecule has 0 bridgehead atoms. The largest absolute Gasteiger partial charge is 0.508 e. The van der Waals surface area contributed by atoms with Crippen molar-refractivity contribution in [3.8, 4) is 5.75 Å². The summed E-state index contributed by atoms with van der Waals surface area (Å²) in [4.78, 5) is 0. The van der Waals surface area contributed by atoms with Crippen LogP contribution >= 0.6 is 0 Å². The zero-order chi connectivity index (χ0) is 11.4. The number of nitrogens with one attached hydrogen (secondary N) is 1. The Balaban J connectivity index is 1.91. The number of benzene rings is 1. The molecule has 2 rings (SSSR count). The van der Waals surface area contributed by atoms with Crippen molar-refractivity contribution in [2.45, 2.75) is 37.8 Å². The second-order valence-electron chi connectivity index (χ2n) is 4.63. The molecular weight excluding hydrogens is 202 g/mol. The van der Waals surface area contributed by atoms with Crippen molar-refractivity contribution in [2.24, 2.45) is 0 Å². The van der Waals surface area contributed by atoms with Gasteiger partial charge < -0.3 is 15.5 Å². The van der Waals surface area contributed by atoms with Gasteiger partial charge in [0.2, 0.25) is 0 Å². The molecule has 1 fully saturated rings. The molecule has 0 radical (unpaired) electrons. The van der Waals surface area contributed by atoms with Crippen LogP contribution in [0.2, 0.25) is 0 Å². The van der Waals surface area contributed by atoms with Gasteiger partial charge >= 0.3 is 0 Å². The summed E-state index contributed by atoms with van der Waals surface area (Å²) in [6, 6.07) is 7.30. The standard InChI is InChI=1S/C13H19NO2/c15-8-7-13(5-2-6-13)14-10-11-3-1-4-12(16)9-11/h1,3-4,9,14-16H,2,5-8,10H2. The first kappa shape index (κ1) is 11.4. The number of phenolic OH excluding ortho intramolecular Hbond substituents is 1. The fourth-order valence-corrected chi connectivity index (χ4v) is 2.29. The Morgan fingerprint density at radius 2 is 2.12 bits per heavy atom. The molecule has 88 valence electrons. The van der Waals surface area contributed by atoms with Gasteiger partial charge in [-0.3, -0.25) is 0 Å². The minimum absolute atomic E-state index is 0.139. The Morgan fingerprint density at radius 3 is 2.69 bits per heavy atom. The highest BCUT2D eigenvalue weighted by molar-refractivity contribution is 5.27. The average Bonchev–Trinajstić information content (AvgIpc) is 2.22. The first-order valence-corrected chi connectivity index (χ1v) is 5.88. The van der Waals surface area contributed by atoms with E-state index in [1.54, 1.807) is 12.1 Å². The monoisotopic (exact) mass is 221 g/mol. The van der Waals surface area contributed by atoms with Gasteiger partial charge in [-0.1, -0.05) is 12.1 Å². The van der Waals surface area contributed by atoms with Gasteiger partial charge in [0.25, 0.3) is 0 Å². The smallest absolute Gasteiger partial charge is 0.115 e. The number of phenols is 1. The summed E-state index contributed by atoms with van der Waals surface area (Å²) in [5, 5.41) is 21.9. The summed E-state index contributed by atoms with van der Waals surface area (Å²) in [6.45, 7) is 1.00. The van der Waals surface area contributed by atoms with Gasteiger partial charge in [0.15, 0.2) is 0 Å². The Kier molecular flexibility index (Phi) is 3.46. The highest BCUT2D eigenvalue weighted by atomic mass is 16.3.